The fourth-order valence-electron chi connectivity index (χ4n) is 1.17. The summed E-state index contributed by atoms with van der Waals surface area (Å²) in [6, 6.07) is 5.58. The molecule has 0 amide bonds. The van der Waals surface area contributed by atoms with Crippen molar-refractivity contribution in [1.82, 2.24) is 4.98 Å². The minimum Gasteiger partial charge on any atom is -0.369 e. The number of nitriles is 1. The first-order valence-corrected chi connectivity index (χ1v) is 4.35. The fraction of sp³-hybridized carbons (Fsp3) is 0.273. The van der Waals surface area contributed by atoms with E-state index in [9.17, 15) is 0 Å². The van der Waals surface area contributed by atoms with Crippen LogP contribution in [0.4, 0.5) is 5.69 Å². The summed E-state index contributed by atoms with van der Waals surface area (Å²) in [5, 5.41) is 8.57. The highest BCUT2D eigenvalue weighted by Gasteiger charge is 2.00. The predicted octanol–water partition coefficient (Wildman–Crippen LogP) is 1.97. The Hall–Kier alpha value is -1.82. The van der Waals surface area contributed by atoms with Crippen molar-refractivity contribution in [3.63, 3.8) is 0 Å². The molecule has 72 valence electrons. The zero-order valence-corrected chi connectivity index (χ0v) is 8.49. The number of anilines is 1. The Morgan fingerprint density at radius 3 is 2.79 bits per heavy atom. The molecule has 3 heteroatoms. The minimum absolute atomic E-state index is 0.442. The second-order valence-electron chi connectivity index (χ2n) is 3.33. The van der Waals surface area contributed by atoms with Gasteiger partial charge in [0.1, 0.15) is 11.8 Å². The van der Waals surface area contributed by atoms with Crippen LogP contribution in [0.15, 0.2) is 30.5 Å². The Bertz CT molecular complexity index is 359. The number of pyridine rings is 1. The van der Waals surface area contributed by atoms with Crippen molar-refractivity contribution in [2.45, 2.75) is 6.92 Å². The van der Waals surface area contributed by atoms with E-state index in [1.165, 1.54) is 0 Å². The zero-order chi connectivity index (χ0) is 10.6. The van der Waals surface area contributed by atoms with Crippen LogP contribution in [-0.4, -0.2) is 18.6 Å². The van der Waals surface area contributed by atoms with Gasteiger partial charge in [0.05, 0.1) is 11.9 Å². The topological polar surface area (TPSA) is 39.9 Å². The lowest BCUT2D eigenvalue weighted by Crippen LogP contribution is -2.19. The smallest absolute Gasteiger partial charge is 0.140 e. The summed E-state index contributed by atoms with van der Waals surface area (Å²) in [5.74, 6) is 0. The standard InChI is InChI=1S/C11H13N3/c1-9(2)8-14(3)11-5-4-10(6-12)13-7-11/h4-5,7H,1,8H2,2-3H3. The molecule has 0 aromatic carbocycles. The molecule has 0 unspecified atom stereocenters. The molecule has 0 aliphatic heterocycles. The van der Waals surface area contributed by atoms with Crippen LogP contribution < -0.4 is 4.90 Å². The predicted molar refractivity (Wildman–Crippen MR) is 57.0 cm³/mol. The summed E-state index contributed by atoms with van der Waals surface area (Å²) < 4.78 is 0. The zero-order valence-electron chi connectivity index (χ0n) is 8.49. The van der Waals surface area contributed by atoms with Crippen molar-refractivity contribution in [2.75, 3.05) is 18.5 Å². The van der Waals surface area contributed by atoms with Crippen LogP contribution in [0.5, 0.6) is 0 Å². The second-order valence-corrected chi connectivity index (χ2v) is 3.33. The van der Waals surface area contributed by atoms with E-state index >= 15 is 0 Å². The molecule has 1 rings (SSSR count). The van der Waals surface area contributed by atoms with E-state index in [-0.39, 0.29) is 0 Å². The molecule has 0 bridgehead atoms. The summed E-state index contributed by atoms with van der Waals surface area (Å²) in [4.78, 5) is 6.03. The van der Waals surface area contributed by atoms with E-state index in [1.54, 1.807) is 12.3 Å². The third-order valence-electron chi connectivity index (χ3n) is 1.81. The van der Waals surface area contributed by atoms with Crippen molar-refractivity contribution < 1.29 is 0 Å². The molecular formula is C11H13N3. The van der Waals surface area contributed by atoms with Crippen molar-refractivity contribution in [1.29, 1.82) is 5.26 Å². The molecule has 1 aromatic heterocycles. The Labute approximate surface area is 84.3 Å². The number of hydrogen-bond donors (Lipinski definition) is 0. The van der Waals surface area contributed by atoms with E-state index in [1.807, 2.05) is 31.0 Å². The van der Waals surface area contributed by atoms with Crippen LogP contribution in [0.1, 0.15) is 12.6 Å². The Morgan fingerprint density at radius 2 is 2.36 bits per heavy atom. The van der Waals surface area contributed by atoms with Gasteiger partial charge in [0.15, 0.2) is 0 Å². The van der Waals surface area contributed by atoms with Gasteiger partial charge in [-0.2, -0.15) is 5.26 Å². The third kappa shape index (κ3) is 2.60. The van der Waals surface area contributed by atoms with E-state index < -0.39 is 0 Å². The Balaban J connectivity index is 2.77. The van der Waals surface area contributed by atoms with Crippen LogP contribution in [0, 0.1) is 11.3 Å². The van der Waals surface area contributed by atoms with Gasteiger partial charge >= 0.3 is 0 Å². The number of aromatic nitrogens is 1. The average molecular weight is 187 g/mol. The van der Waals surface area contributed by atoms with Gasteiger partial charge in [-0.05, 0) is 19.1 Å². The van der Waals surface area contributed by atoms with Crippen molar-refractivity contribution >= 4 is 5.69 Å². The third-order valence-corrected chi connectivity index (χ3v) is 1.81. The van der Waals surface area contributed by atoms with E-state index in [4.69, 9.17) is 5.26 Å². The van der Waals surface area contributed by atoms with Crippen LogP contribution in [0.3, 0.4) is 0 Å². The van der Waals surface area contributed by atoms with Gasteiger partial charge in [-0.3, -0.25) is 0 Å². The maximum atomic E-state index is 8.57. The largest absolute Gasteiger partial charge is 0.369 e. The van der Waals surface area contributed by atoms with Gasteiger partial charge in [0.2, 0.25) is 0 Å². The molecule has 0 spiro atoms. The maximum absolute atomic E-state index is 8.57. The number of nitrogens with zero attached hydrogens (tertiary/aromatic N) is 3. The maximum Gasteiger partial charge on any atom is 0.140 e. The lowest BCUT2D eigenvalue weighted by atomic mass is 10.3. The molecule has 0 saturated heterocycles. The summed E-state index contributed by atoms with van der Waals surface area (Å²) in [7, 11) is 1.97. The van der Waals surface area contributed by atoms with Gasteiger partial charge in [0, 0.05) is 13.6 Å². The van der Waals surface area contributed by atoms with Gasteiger partial charge < -0.3 is 4.90 Å². The molecular weight excluding hydrogens is 174 g/mol. The van der Waals surface area contributed by atoms with Gasteiger partial charge in [0.25, 0.3) is 0 Å². The molecule has 0 fully saturated rings. The molecule has 3 nitrogen and oxygen atoms in total. The van der Waals surface area contributed by atoms with Crippen LogP contribution in [0.2, 0.25) is 0 Å². The quantitative estimate of drug-likeness (QED) is 0.679. The van der Waals surface area contributed by atoms with Gasteiger partial charge in [-0.1, -0.05) is 12.2 Å². The molecule has 1 aromatic rings. The summed E-state index contributed by atoms with van der Waals surface area (Å²) in [6.07, 6.45) is 1.70. The van der Waals surface area contributed by atoms with Gasteiger partial charge in [-0.25, -0.2) is 4.98 Å². The normalized spacial score (nSPS) is 9.21. The van der Waals surface area contributed by atoms with Crippen molar-refractivity contribution in [3.8, 4) is 6.07 Å². The molecule has 0 aliphatic rings. The average Bonchev–Trinajstić information content (AvgIpc) is 2.17. The van der Waals surface area contributed by atoms with Crippen LogP contribution in [0.25, 0.3) is 0 Å². The number of rotatable bonds is 3. The summed E-state index contributed by atoms with van der Waals surface area (Å²) >= 11 is 0. The lowest BCUT2D eigenvalue weighted by Gasteiger charge is -2.18. The number of hydrogen-bond acceptors (Lipinski definition) is 3. The summed E-state index contributed by atoms with van der Waals surface area (Å²) in [6.45, 7) is 6.62. The molecule has 0 saturated carbocycles. The molecule has 0 radical (unpaired) electrons. The second kappa shape index (κ2) is 4.43. The van der Waals surface area contributed by atoms with Crippen molar-refractivity contribution in [2.24, 2.45) is 0 Å². The Morgan fingerprint density at radius 1 is 1.64 bits per heavy atom. The summed E-state index contributed by atoms with van der Waals surface area (Å²) in [5.41, 5.74) is 2.53. The first-order valence-electron chi connectivity index (χ1n) is 4.35. The molecule has 1 heterocycles. The highest BCUT2D eigenvalue weighted by molar-refractivity contribution is 5.46. The molecule has 14 heavy (non-hydrogen) atoms. The highest BCUT2D eigenvalue weighted by Crippen LogP contribution is 2.11. The monoisotopic (exact) mass is 187 g/mol. The van der Waals surface area contributed by atoms with E-state index in [0.717, 1.165) is 17.8 Å². The first-order chi connectivity index (χ1) is 6.63. The first kappa shape index (κ1) is 10.3. The van der Waals surface area contributed by atoms with Gasteiger partial charge in [-0.15, -0.1) is 0 Å². The molecule has 0 atom stereocenters. The van der Waals surface area contributed by atoms with Crippen molar-refractivity contribution in [3.05, 3.63) is 36.2 Å². The van der Waals surface area contributed by atoms with Crippen LogP contribution >= 0.6 is 0 Å². The molecule has 0 aliphatic carbocycles. The lowest BCUT2D eigenvalue weighted by molar-refractivity contribution is 0.977. The van der Waals surface area contributed by atoms with E-state index in [2.05, 4.69) is 11.6 Å². The minimum atomic E-state index is 0.442. The van der Waals surface area contributed by atoms with Crippen LogP contribution in [-0.2, 0) is 0 Å². The Kier molecular flexibility index (Phi) is 3.24. The highest BCUT2D eigenvalue weighted by atomic mass is 15.1. The van der Waals surface area contributed by atoms with E-state index in [0.29, 0.717) is 5.69 Å². The molecule has 0 N–H and O–H groups in total. The SMILES string of the molecule is C=C(C)CN(C)c1ccc(C#N)nc1. The fourth-order valence-corrected chi connectivity index (χ4v) is 1.17. The number of likely N-dealkylation sites (N-methyl/N-ethyl adjacent to an activating group) is 1.